The van der Waals surface area contributed by atoms with Crippen molar-refractivity contribution in [3.63, 3.8) is 0 Å². The summed E-state index contributed by atoms with van der Waals surface area (Å²) in [4.78, 5) is 11.3. The van der Waals surface area contributed by atoms with Gasteiger partial charge in [-0.1, -0.05) is 0 Å². The van der Waals surface area contributed by atoms with Crippen molar-refractivity contribution in [1.82, 2.24) is 0 Å². The van der Waals surface area contributed by atoms with Crippen LogP contribution in [0.15, 0.2) is 27.6 Å². The zero-order valence-corrected chi connectivity index (χ0v) is 9.59. The van der Waals surface area contributed by atoms with E-state index in [-0.39, 0.29) is 10.5 Å². The lowest BCUT2D eigenvalue weighted by molar-refractivity contribution is 0.0599. The van der Waals surface area contributed by atoms with E-state index < -0.39 is 17.0 Å². The van der Waals surface area contributed by atoms with Gasteiger partial charge in [-0.15, -0.1) is 0 Å². The van der Waals surface area contributed by atoms with E-state index in [0.29, 0.717) is 4.47 Å². The van der Waals surface area contributed by atoms with Crippen LogP contribution in [0.5, 0.6) is 0 Å². The van der Waals surface area contributed by atoms with Gasteiger partial charge in [-0.25, -0.2) is 9.00 Å². The maximum absolute atomic E-state index is 11.2. The van der Waals surface area contributed by atoms with Crippen molar-refractivity contribution in [3.8, 4) is 0 Å². The summed E-state index contributed by atoms with van der Waals surface area (Å²) in [5.74, 6) is -0.552. The first kappa shape index (κ1) is 11.4. The minimum atomic E-state index is -2.09. The van der Waals surface area contributed by atoms with E-state index in [1.807, 2.05) is 0 Å². The van der Waals surface area contributed by atoms with Gasteiger partial charge in [0.1, 0.15) is 0 Å². The van der Waals surface area contributed by atoms with Gasteiger partial charge in [0.05, 0.1) is 17.6 Å². The zero-order chi connectivity index (χ0) is 10.7. The summed E-state index contributed by atoms with van der Waals surface area (Å²) in [7, 11) is 1.25. The molecule has 0 radical (unpaired) electrons. The molecule has 0 bridgehead atoms. The van der Waals surface area contributed by atoms with Crippen LogP contribution in [-0.4, -0.2) is 21.8 Å². The maximum Gasteiger partial charge on any atom is 0.339 e. The van der Waals surface area contributed by atoms with Crippen molar-refractivity contribution in [3.05, 3.63) is 28.2 Å². The average Bonchev–Trinajstić information content (AvgIpc) is 2.17. The molecule has 0 saturated carbocycles. The van der Waals surface area contributed by atoms with E-state index in [0.717, 1.165) is 0 Å². The van der Waals surface area contributed by atoms with Crippen LogP contribution in [0, 0.1) is 0 Å². The molecule has 1 atom stereocenters. The van der Waals surface area contributed by atoms with Crippen molar-refractivity contribution in [1.29, 1.82) is 0 Å². The molecule has 0 fully saturated rings. The average molecular weight is 279 g/mol. The molecule has 0 heterocycles. The molecular formula is C8H7BrO4S. The minimum absolute atomic E-state index is 0.161. The van der Waals surface area contributed by atoms with Crippen LogP contribution in [0.3, 0.4) is 0 Å². The Hall–Kier alpha value is -0.720. The second-order valence-corrected chi connectivity index (χ2v) is 4.21. The Bertz CT molecular complexity index is 391. The number of methoxy groups -OCH3 is 1. The van der Waals surface area contributed by atoms with Gasteiger partial charge < -0.3 is 9.29 Å². The Morgan fingerprint density at radius 3 is 2.71 bits per heavy atom. The second-order valence-electron chi connectivity index (χ2n) is 2.38. The Morgan fingerprint density at radius 2 is 2.21 bits per heavy atom. The van der Waals surface area contributed by atoms with Crippen molar-refractivity contribution < 1.29 is 18.3 Å². The predicted octanol–water partition coefficient (Wildman–Crippen LogP) is 1.82. The van der Waals surface area contributed by atoms with Crippen molar-refractivity contribution in [2.24, 2.45) is 0 Å². The van der Waals surface area contributed by atoms with Gasteiger partial charge in [-0.3, -0.25) is 0 Å². The summed E-state index contributed by atoms with van der Waals surface area (Å²) >= 11 is 1.04. The Kier molecular flexibility index (Phi) is 3.79. The fourth-order valence-electron chi connectivity index (χ4n) is 0.879. The monoisotopic (exact) mass is 278 g/mol. The highest BCUT2D eigenvalue weighted by Gasteiger charge is 2.12. The number of esters is 1. The summed E-state index contributed by atoms with van der Waals surface area (Å²) in [5, 5.41) is 0. The molecule has 0 saturated heterocycles. The molecule has 0 aromatic heterocycles. The summed E-state index contributed by atoms with van der Waals surface area (Å²) in [6, 6.07) is 4.29. The van der Waals surface area contributed by atoms with Crippen LogP contribution in [-0.2, 0) is 15.8 Å². The Morgan fingerprint density at radius 1 is 1.57 bits per heavy atom. The SMILES string of the molecule is COC(=O)c1cc(S(=O)O)ccc1Br. The summed E-state index contributed by atoms with van der Waals surface area (Å²) < 4.78 is 24.5. The molecule has 6 heteroatoms. The van der Waals surface area contributed by atoms with Gasteiger partial charge >= 0.3 is 5.97 Å². The number of ether oxygens (including phenoxy) is 1. The summed E-state index contributed by atoms with van der Waals surface area (Å²) in [6.45, 7) is 0. The minimum Gasteiger partial charge on any atom is -0.465 e. The van der Waals surface area contributed by atoms with Crippen LogP contribution in [0.2, 0.25) is 0 Å². The summed E-state index contributed by atoms with van der Waals surface area (Å²) in [6.07, 6.45) is 0. The topological polar surface area (TPSA) is 63.6 Å². The van der Waals surface area contributed by atoms with Crippen molar-refractivity contribution >= 4 is 33.0 Å². The van der Waals surface area contributed by atoms with Crippen molar-refractivity contribution in [2.75, 3.05) is 7.11 Å². The second kappa shape index (κ2) is 4.68. The van der Waals surface area contributed by atoms with Gasteiger partial charge in [0.15, 0.2) is 11.1 Å². The molecule has 0 aliphatic heterocycles. The highest BCUT2D eigenvalue weighted by molar-refractivity contribution is 9.10. The maximum atomic E-state index is 11.2. The quantitative estimate of drug-likeness (QED) is 0.662. The largest absolute Gasteiger partial charge is 0.465 e. The molecule has 14 heavy (non-hydrogen) atoms. The van der Waals surface area contributed by atoms with Crippen LogP contribution in [0.25, 0.3) is 0 Å². The molecule has 0 amide bonds. The number of carbonyl (C=O) groups is 1. The van der Waals surface area contributed by atoms with Crippen molar-refractivity contribution in [2.45, 2.75) is 4.90 Å². The Balaban J connectivity index is 3.21. The number of carbonyl (C=O) groups excluding carboxylic acids is 1. The molecule has 1 aromatic carbocycles. The molecule has 1 rings (SSSR count). The van der Waals surface area contributed by atoms with Gasteiger partial charge in [-0.05, 0) is 34.1 Å². The first-order chi connectivity index (χ1) is 6.56. The molecule has 1 unspecified atom stereocenters. The number of rotatable bonds is 2. The van der Waals surface area contributed by atoms with Crippen LogP contribution in [0.1, 0.15) is 10.4 Å². The lowest BCUT2D eigenvalue weighted by atomic mass is 10.2. The molecular weight excluding hydrogens is 272 g/mol. The third-order valence-corrected chi connectivity index (χ3v) is 2.89. The van der Waals surface area contributed by atoms with E-state index in [9.17, 15) is 9.00 Å². The number of hydrogen-bond acceptors (Lipinski definition) is 3. The molecule has 0 spiro atoms. The molecule has 0 aliphatic rings. The smallest absolute Gasteiger partial charge is 0.339 e. The fourth-order valence-corrected chi connectivity index (χ4v) is 1.69. The molecule has 4 nitrogen and oxygen atoms in total. The van der Waals surface area contributed by atoms with E-state index in [1.165, 1.54) is 25.3 Å². The van der Waals surface area contributed by atoms with Gasteiger partial charge in [0.25, 0.3) is 0 Å². The third kappa shape index (κ3) is 2.40. The van der Waals surface area contributed by atoms with Gasteiger partial charge in [0, 0.05) is 4.47 Å². The highest BCUT2D eigenvalue weighted by Crippen LogP contribution is 2.20. The standard InChI is InChI=1S/C8H7BrO4S/c1-13-8(10)6-4-5(14(11)12)2-3-7(6)9/h2-4H,1H3,(H,11,12). The van der Waals surface area contributed by atoms with Gasteiger partial charge in [0.2, 0.25) is 0 Å². The predicted molar refractivity (Wildman–Crippen MR) is 54.5 cm³/mol. The molecule has 76 valence electrons. The van der Waals surface area contributed by atoms with E-state index in [4.69, 9.17) is 4.55 Å². The van der Waals surface area contributed by atoms with Crippen LogP contribution < -0.4 is 0 Å². The number of hydrogen-bond donors (Lipinski definition) is 1. The highest BCUT2D eigenvalue weighted by atomic mass is 79.9. The number of halogens is 1. The fraction of sp³-hybridized carbons (Fsp3) is 0.125. The summed E-state index contributed by atoms with van der Waals surface area (Å²) in [5.41, 5.74) is 0.229. The first-order valence-corrected chi connectivity index (χ1v) is 5.45. The Labute approximate surface area is 91.7 Å². The van der Waals surface area contributed by atoms with Gasteiger partial charge in [-0.2, -0.15) is 0 Å². The molecule has 1 N–H and O–H groups in total. The van der Waals surface area contributed by atoms with Crippen LogP contribution >= 0.6 is 15.9 Å². The first-order valence-electron chi connectivity index (χ1n) is 3.55. The normalized spacial score (nSPS) is 12.2. The lowest BCUT2D eigenvalue weighted by Gasteiger charge is -2.03. The number of benzene rings is 1. The van der Waals surface area contributed by atoms with Crippen LogP contribution in [0.4, 0.5) is 0 Å². The van der Waals surface area contributed by atoms with E-state index >= 15 is 0 Å². The third-order valence-electron chi connectivity index (χ3n) is 1.54. The van der Waals surface area contributed by atoms with E-state index in [2.05, 4.69) is 20.7 Å². The van der Waals surface area contributed by atoms with E-state index in [1.54, 1.807) is 0 Å². The molecule has 1 aromatic rings. The lowest BCUT2D eigenvalue weighted by Crippen LogP contribution is -2.03. The zero-order valence-electron chi connectivity index (χ0n) is 7.19. The molecule has 0 aliphatic carbocycles.